The van der Waals surface area contributed by atoms with Crippen molar-refractivity contribution in [3.63, 3.8) is 0 Å². The lowest BCUT2D eigenvalue weighted by atomic mass is 9.90. The van der Waals surface area contributed by atoms with E-state index >= 15 is 0 Å². The summed E-state index contributed by atoms with van der Waals surface area (Å²) in [5, 5.41) is 0. The maximum Gasteiger partial charge on any atom is 0.355 e. The third kappa shape index (κ3) is 5.37. The Morgan fingerprint density at radius 3 is 1.79 bits per heavy atom. The Hall–Kier alpha value is -3.30. The zero-order valence-corrected chi connectivity index (χ0v) is 19.8. The summed E-state index contributed by atoms with van der Waals surface area (Å²) in [5.74, 6) is -3.47. The van der Waals surface area contributed by atoms with Gasteiger partial charge in [0.2, 0.25) is 0 Å². The fraction of sp³-hybridized carbons (Fsp3) is 0.565. The van der Waals surface area contributed by atoms with Gasteiger partial charge < -0.3 is 28.7 Å². The first-order chi connectivity index (χ1) is 15.9. The van der Waals surface area contributed by atoms with Gasteiger partial charge in [-0.15, -0.1) is 0 Å². The van der Waals surface area contributed by atoms with Gasteiger partial charge in [0.15, 0.2) is 0 Å². The van der Waals surface area contributed by atoms with Crippen LogP contribution in [0.25, 0.3) is 0 Å². The summed E-state index contributed by atoms with van der Waals surface area (Å²) in [6.07, 6.45) is 4.08. The summed E-state index contributed by atoms with van der Waals surface area (Å²) in [5.41, 5.74) is -1.00. The molecule has 0 aliphatic carbocycles. The Kier molecular flexibility index (Phi) is 9.50. The normalized spacial score (nSPS) is 17.2. The molecule has 1 unspecified atom stereocenters. The van der Waals surface area contributed by atoms with E-state index in [-0.39, 0.29) is 48.8 Å². The number of nitrogens with zero attached hydrogens (tertiary/aromatic N) is 2. The molecule has 0 aromatic heterocycles. The summed E-state index contributed by atoms with van der Waals surface area (Å²) in [6, 6.07) is 0. The van der Waals surface area contributed by atoms with Crippen molar-refractivity contribution in [2.24, 2.45) is 0 Å². The number of carbonyl (C=O) groups excluding carboxylic acids is 4. The fourth-order valence-electron chi connectivity index (χ4n) is 3.67. The summed E-state index contributed by atoms with van der Waals surface area (Å²) in [6.45, 7) is 9.10. The van der Waals surface area contributed by atoms with Crippen molar-refractivity contribution in [2.45, 2.75) is 53.6 Å². The second kappa shape index (κ2) is 12.1. The lowest BCUT2D eigenvalue weighted by Gasteiger charge is -2.38. The predicted molar refractivity (Wildman–Crippen MR) is 117 cm³/mol. The zero-order chi connectivity index (χ0) is 24.5. The van der Waals surface area contributed by atoms with E-state index in [0.29, 0.717) is 6.54 Å². The van der Waals surface area contributed by atoms with Crippen molar-refractivity contribution >= 4 is 23.9 Å². The molecule has 0 aromatic carbocycles. The van der Waals surface area contributed by atoms with Gasteiger partial charge in [-0.1, -0.05) is 13.3 Å². The number of fused-ring (bicyclic) bond motifs is 1. The molecule has 2 aliphatic heterocycles. The van der Waals surface area contributed by atoms with Crippen LogP contribution < -0.4 is 0 Å². The fourth-order valence-corrected chi connectivity index (χ4v) is 3.67. The molecule has 10 nitrogen and oxygen atoms in total. The van der Waals surface area contributed by atoms with Crippen LogP contribution in [-0.4, -0.2) is 72.8 Å². The SMILES string of the molecule is CCCCN1C=CN2C(C(=O)OCC)=C(C(=O)OCC)C(C(=O)OCC)=C(C(=O)OCC)C12. The highest BCUT2D eigenvalue weighted by Crippen LogP contribution is 2.39. The van der Waals surface area contributed by atoms with Gasteiger partial charge in [0.25, 0.3) is 0 Å². The molecule has 0 bridgehead atoms. The average Bonchev–Trinajstić information content (AvgIpc) is 3.19. The summed E-state index contributed by atoms with van der Waals surface area (Å²) in [4.78, 5) is 55.6. The van der Waals surface area contributed by atoms with Gasteiger partial charge in [-0.2, -0.15) is 0 Å². The number of ether oxygens (including phenoxy) is 4. The third-order valence-corrected chi connectivity index (χ3v) is 4.96. The molecule has 10 heteroatoms. The number of carbonyl (C=O) groups is 4. The van der Waals surface area contributed by atoms with Crippen molar-refractivity contribution in [2.75, 3.05) is 33.0 Å². The maximum absolute atomic E-state index is 13.1. The van der Waals surface area contributed by atoms with E-state index in [9.17, 15) is 19.2 Å². The Balaban J connectivity index is 2.88. The Labute approximate surface area is 193 Å². The van der Waals surface area contributed by atoms with Crippen LogP contribution in [0.3, 0.4) is 0 Å². The van der Waals surface area contributed by atoms with E-state index in [4.69, 9.17) is 18.9 Å². The second-order valence-electron chi connectivity index (χ2n) is 7.06. The predicted octanol–water partition coefficient (Wildman–Crippen LogP) is 2.02. The lowest BCUT2D eigenvalue weighted by molar-refractivity contribution is -0.146. The van der Waals surface area contributed by atoms with E-state index in [1.807, 2.05) is 11.8 Å². The molecule has 0 N–H and O–H groups in total. The van der Waals surface area contributed by atoms with Crippen LogP contribution in [0.1, 0.15) is 47.5 Å². The van der Waals surface area contributed by atoms with E-state index in [0.717, 1.165) is 12.8 Å². The Bertz CT molecular complexity index is 874. The maximum atomic E-state index is 13.1. The molecule has 0 amide bonds. The highest BCUT2D eigenvalue weighted by atomic mass is 16.5. The molecule has 0 spiro atoms. The zero-order valence-electron chi connectivity index (χ0n) is 19.8. The smallest absolute Gasteiger partial charge is 0.355 e. The van der Waals surface area contributed by atoms with Crippen LogP contribution in [0, 0.1) is 0 Å². The van der Waals surface area contributed by atoms with Crippen LogP contribution in [-0.2, 0) is 38.1 Å². The van der Waals surface area contributed by atoms with Gasteiger partial charge in [-0.05, 0) is 34.1 Å². The topological polar surface area (TPSA) is 112 Å². The number of esters is 4. The van der Waals surface area contributed by atoms with E-state index in [1.165, 1.54) is 4.90 Å². The number of unbranched alkanes of at least 4 members (excludes halogenated alkanes) is 1. The van der Waals surface area contributed by atoms with Gasteiger partial charge in [0.05, 0.1) is 37.6 Å². The minimum absolute atomic E-state index is 0.00450. The van der Waals surface area contributed by atoms with Crippen molar-refractivity contribution in [3.8, 4) is 0 Å². The van der Waals surface area contributed by atoms with Crippen LogP contribution in [0.4, 0.5) is 0 Å². The van der Waals surface area contributed by atoms with Crippen molar-refractivity contribution in [3.05, 3.63) is 34.8 Å². The molecule has 0 radical (unpaired) electrons. The molecule has 0 saturated carbocycles. The largest absolute Gasteiger partial charge is 0.462 e. The molecule has 33 heavy (non-hydrogen) atoms. The first kappa shape index (κ1) is 26.0. The summed E-state index contributed by atoms with van der Waals surface area (Å²) < 4.78 is 20.8. The third-order valence-electron chi connectivity index (χ3n) is 4.96. The minimum Gasteiger partial charge on any atom is -0.462 e. The summed E-state index contributed by atoms with van der Waals surface area (Å²) in [7, 11) is 0. The van der Waals surface area contributed by atoms with Gasteiger partial charge in [-0.3, -0.25) is 0 Å². The molecule has 2 rings (SSSR count). The lowest BCUT2D eigenvalue weighted by Crippen LogP contribution is -2.49. The highest BCUT2D eigenvalue weighted by Gasteiger charge is 2.49. The monoisotopic (exact) mass is 464 g/mol. The van der Waals surface area contributed by atoms with Crippen molar-refractivity contribution < 1.29 is 38.1 Å². The average molecular weight is 465 g/mol. The van der Waals surface area contributed by atoms with Gasteiger partial charge in [0, 0.05) is 18.9 Å². The first-order valence-corrected chi connectivity index (χ1v) is 11.3. The van der Waals surface area contributed by atoms with Gasteiger partial charge in [-0.25, -0.2) is 19.2 Å². The molecular formula is C23H32N2O8. The first-order valence-electron chi connectivity index (χ1n) is 11.3. The van der Waals surface area contributed by atoms with Crippen LogP contribution >= 0.6 is 0 Å². The molecule has 1 atom stereocenters. The number of hydrogen-bond acceptors (Lipinski definition) is 10. The van der Waals surface area contributed by atoms with Crippen LogP contribution in [0.2, 0.25) is 0 Å². The standard InChI is InChI=1S/C23H32N2O8/c1-6-11-12-24-13-14-25-18(23(29)33-10-5)16(21(27)31-8-3)15(20(26)30-7-2)17(19(24)25)22(28)32-9-4/h13-14,19H,6-12H2,1-5H3. The molecule has 2 aliphatic rings. The molecule has 0 saturated heterocycles. The Morgan fingerprint density at radius 2 is 1.24 bits per heavy atom. The van der Waals surface area contributed by atoms with Crippen LogP contribution in [0.5, 0.6) is 0 Å². The molecule has 0 fully saturated rings. The van der Waals surface area contributed by atoms with Crippen molar-refractivity contribution in [1.82, 2.24) is 9.80 Å². The van der Waals surface area contributed by atoms with Crippen LogP contribution in [0.15, 0.2) is 34.8 Å². The molecule has 182 valence electrons. The molecular weight excluding hydrogens is 432 g/mol. The van der Waals surface area contributed by atoms with Crippen molar-refractivity contribution in [1.29, 1.82) is 0 Å². The van der Waals surface area contributed by atoms with E-state index in [2.05, 4.69) is 0 Å². The quantitative estimate of drug-likeness (QED) is 0.332. The molecule has 0 aromatic rings. The second-order valence-corrected chi connectivity index (χ2v) is 7.06. The molecule has 2 heterocycles. The summed E-state index contributed by atoms with van der Waals surface area (Å²) >= 11 is 0. The highest BCUT2D eigenvalue weighted by molar-refractivity contribution is 6.16. The van der Waals surface area contributed by atoms with Gasteiger partial charge in [0.1, 0.15) is 17.4 Å². The van der Waals surface area contributed by atoms with E-state index < -0.39 is 30.0 Å². The van der Waals surface area contributed by atoms with Gasteiger partial charge >= 0.3 is 23.9 Å². The number of hydrogen-bond donors (Lipinski definition) is 0. The minimum atomic E-state index is -0.940. The number of rotatable bonds is 11. The van der Waals surface area contributed by atoms with E-state index in [1.54, 1.807) is 40.1 Å². The Morgan fingerprint density at radius 1 is 0.727 bits per heavy atom.